The molecule has 1 amide bonds. The quantitative estimate of drug-likeness (QED) is 0.461. The molecule has 0 atom stereocenters. The second-order valence-corrected chi connectivity index (χ2v) is 7.33. The lowest BCUT2D eigenvalue weighted by Gasteiger charge is -2.10. The van der Waals surface area contributed by atoms with Gasteiger partial charge in [0.15, 0.2) is 6.61 Å². The Hall–Kier alpha value is -3.19. The van der Waals surface area contributed by atoms with Gasteiger partial charge in [0, 0.05) is 5.56 Å². The molecule has 0 aliphatic heterocycles. The maximum atomic E-state index is 12.1. The standard InChI is InChI=1S/C22H18BrN3O3/c1-14-6-8-16(9-7-14)22-25-20(29-26-22)12-24-19(27)13-28-18-11-10-15-4-2-3-5-17(15)21(18)23/h2-11H,12-13H2,1H3,(H,24,27). The average Bonchev–Trinajstić information content (AvgIpc) is 3.21. The van der Waals surface area contributed by atoms with E-state index in [1.165, 1.54) is 0 Å². The van der Waals surface area contributed by atoms with Crippen LogP contribution in [-0.2, 0) is 11.3 Å². The Kier molecular flexibility index (Phi) is 5.57. The van der Waals surface area contributed by atoms with Crippen molar-refractivity contribution in [2.24, 2.45) is 0 Å². The first-order valence-corrected chi connectivity index (χ1v) is 9.86. The van der Waals surface area contributed by atoms with Crippen LogP contribution >= 0.6 is 15.9 Å². The molecule has 7 heteroatoms. The van der Waals surface area contributed by atoms with E-state index in [2.05, 4.69) is 31.4 Å². The minimum Gasteiger partial charge on any atom is -0.483 e. The summed E-state index contributed by atoms with van der Waals surface area (Å²) in [4.78, 5) is 16.4. The van der Waals surface area contributed by atoms with Crippen LogP contribution in [0, 0.1) is 6.92 Å². The number of hydrogen-bond donors (Lipinski definition) is 1. The number of carbonyl (C=O) groups is 1. The normalized spacial score (nSPS) is 10.8. The van der Waals surface area contributed by atoms with Crippen molar-refractivity contribution in [1.82, 2.24) is 15.5 Å². The van der Waals surface area contributed by atoms with Crippen molar-refractivity contribution in [3.05, 3.63) is 76.6 Å². The average molecular weight is 452 g/mol. The van der Waals surface area contributed by atoms with Crippen molar-refractivity contribution in [1.29, 1.82) is 0 Å². The third-order valence-corrected chi connectivity index (χ3v) is 5.22. The van der Waals surface area contributed by atoms with Crippen molar-refractivity contribution in [3.63, 3.8) is 0 Å². The van der Waals surface area contributed by atoms with Crippen molar-refractivity contribution >= 4 is 32.6 Å². The minimum absolute atomic E-state index is 0.115. The van der Waals surface area contributed by atoms with Gasteiger partial charge in [-0.1, -0.05) is 65.3 Å². The summed E-state index contributed by atoms with van der Waals surface area (Å²) in [5, 5.41) is 8.80. The Morgan fingerprint density at radius 2 is 1.90 bits per heavy atom. The van der Waals surface area contributed by atoms with E-state index in [0.29, 0.717) is 17.5 Å². The minimum atomic E-state index is -0.278. The van der Waals surface area contributed by atoms with Gasteiger partial charge in [-0.2, -0.15) is 4.98 Å². The van der Waals surface area contributed by atoms with E-state index in [9.17, 15) is 4.79 Å². The number of amides is 1. The molecule has 1 N–H and O–H groups in total. The van der Waals surface area contributed by atoms with Gasteiger partial charge in [0.05, 0.1) is 11.0 Å². The highest BCUT2D eigenvalue weighted by atomic mass is 79.9. The van der Waals surface area contributed by atoms with Crippen LogP contribution in [0.15, 0.2) is 69.7 Å². The Morgan fingerprint density at radius 1 is 1.10 bits per heavy atom. The Labute approximate surface area is 176 Å². The van der Waals surface area contributed by atoms with Crippen LogP contribution in [0.4, 0.5) is 0 Å². The van der Waals surface area contributed by atoms with Crippen molar-refractivity contribution < 1.29 is 14.1 Å². The van der Waals surface area contributed by atoms with Crippen LogP contribution in [0.2, 0.25) is 0 Å². The monoisotopic (exact) mass is 451 g/mol. The molecule has 0 bridgehead atoms. The maximum Gasteiger partial charge on any atom is 0.258 e. The first-order valence-electron chi connectivity index (χ1n) is 9.06. The van der Waals surface area contributed by atoms with Crippen LogP contribution in [-0.4, -0.2) is 22.7 Å². The first kappa shape index (κ1) is 19.1. The molecule has 0 fully saturated rings. The van der Waals surface area contributed by atoms with E-state index >= 15 is 0 Å². The molecule has 0 aliphatic rings. The molecule has 0 aliphatic carbocycles. The summed E-state index contributed by atoms with van der Waals surface area (Å²) < 4.78 is 11.7. The van der Waals surface area contributed by atoms with Crippen LogP contribution in [0.5, 0.6) is 5.75 Å². The number of halogens is 1. The zero-order chi connectivity index (χ0) is 20.2. The zero-order valence-corrected chi connectivity index (χ0v) is 17.3. The van der Waals surface area contributed by atoms with Gasteiger partial charge in [-0.15, -0.1) is 0 Å². The number of aromatic nitrogens is 2. The molecule has 0 spiro atoms. The molecule has 4 aromatic rings. The lowest BCUT2D eigenvalue weighted by molar-refractivity contribution is -0.123. The third kappa shape index (κ3) is 4.46. The van der Waals surface area contributed by atoms with Gasteiger partial charge in [-0.25, -0.2) is 0 Å². The number of benzene rings is 3. The van der Waals surface area contributed by atoms with E-state index in [0.717, 1.165) is 26.4 Å². The summed E-state index contributed by atoms with van der Waals surface area (Å²) in [6.07, 6.45) is 0. The molecule has 0 unspecified atom stereocenters. The number of carbonyl (C=O) groups excluding carboxylic acids is 1. The van der Waals surface area contributed by atoms with Crippen LogP contribution in [0.25, 0.3) is 22.2 Å². The number of fused-ring (bicyclic) bond motifs is 1. The topological polar surface area (TPSA) is 77.2 Å². The number of ether oxygens (including phenoxy) is 1. The maximum absolute atomic E-state index is 12.1. The largest absolute Gasteiger partial charge is 0.483 e. The fourth-order valence-electron chi connectivity index (χ4n) is 2.84. The number of nitrogens with zero attached hydrogens (tertiary/aromatic N) is 2. The van der Waals surface area contributed by atoms with Gasteiger partial charge in [0.2, 0.25) is 11.7 Å². The Bertz CT molecular complexity index is 1160. The van der Waals surface area contributed by atoms with Crippen LogP contribution < -0.4 is 10.1 Å². The number of rotatable bonds is 6. The van der Waals surface area contributed by atoms with Gasteiger partial charge in [0.25, 0.3) is 5.91 Å². The highest BCUT2D eigenvalue weighted by molar-refractivity contribution is 9.10. The summed E-state index contributed by atoms with van der Waals surface area (Å²) in [6, 6.07) is 19.6. The smallest absolute Gasteiger partial charge is 0.258 e. The molecule has 1 aromatic heterocycles. The van der Waals surface area contributed by atoms with E-state index < -0.39 is 0 Å². The molecule has 146 valence electrons. The molecule has 4 rings (SSSR count). The summed E-state index contributed by atoms with van der Waals surface area (Å²) in [5.41, 5.74) is 2.02. The number of hydrogen-bond acceptors (Lipinski definition) is 5. The van der Waals surface area contributed by atoms with Gasteiger partial charge in [0.1, 0.15) is 5.75 Å². The van der Waals surface area contributed by atoms with Gasteiger partial charge < -0.3 is 14.6 Å². The van der Waals surface area contributed by atoms with Gasteiger partial charge in [-0.3, -0.25) is 4.79 Å². The van der Waals surface area contributed by atoms with Crippen molar-refractivity contribution in [2.45, 2.75) is 13.5 Å². The number of aryl methyl sites for hydroxylation is 1. The van der Waals surface area contributed by atoms with Crippen LogP contribution in [0.3, 0.4) is 0 Å². The summed E-state index contributed by atoms with van der Waals surface area (Å²) in [5.74, 6) is 1.16. The molecule has 0 saturated heterocycles. The fraction of sp³-hybridized carbons (Fsp3) is 0.136. The summed E-state index contributed by atoms with van der Waals surface area (Å²) in [6.45, 7) is 2.04. The SMILES string of the molecule is Cc1ccc(-c2noc(CNC(=O)COc3ccc4ccccc4c3Br)n2)cc1. The molecule has 0 saturated carbocycles. The van der Waals surface area contributed by atoms with Crippen LogP contribution in [0.1, 0.15) is 11.5 Å². The second-order valence-electron chi connectivity index (χ2n) is 6.54. The molecule has 1 heterocycles. The highest BCUT2D eigenvalue weighted by Gasteiger charge is 2.12. The van der Waals surface area contributed by atoms with Gasteiger partial charge in [-0.05, 0) is 39.7 Å². The second kappa shape index (κ2) is 8.45. The van der Waals surface area contributed by atoms with Gasteiger partial charge >= 0.3 is 0 Å². The lowest BCUT2D eigenvalue weighted by atomic mass is 10.1. The van der Waals surface area contributed by atoms with E-state index in [1.807, 2.05) is 67.6 Å². The first-order chi connectivity index (χ1) is 14.1. The Balaban J connectivity index is 1.33. The predicted octanol–water partition coefficient (Wildman–Crippen LogP) is 4.66. The van der Waals surface area contributed by atoms with Crippen molar-refractivity contribution in [3.8, 4) is 17.1 Å². The molecule has 3 aromatic carbocycles. The molecular formula is C22H18BrN3O3. The summed E-state index contributed by atoms with van der Waals surface area (Å²) in [7, 11) is 0. The van der Waals surface area contributed by atoms with E-state index in [4.69, 9.17) is 9.26 Å². The molecular weight excluding hydrogens is 434 g/mol. The zero-order valence-electron chi connectivity index (χ0n) is 15.7. The lowest BCUT2D eigenvalue weighted by Crippen LogP contribution is -2.28. The van der Waals surface area contributed by atoms with E-state index in [-0.39, 0.29) is 19.1 Å². The predicted molar refractivity (Wildman–Crippen MR) is 113 cm³/mol. The number of nitrogens with one attached hydrogen (secondary N) is 1. The van der Waals surface area contributed by atoms with Crippen molar-refractivity contribution in [2.75, 3.05) is 6.61 Å². The fourth-order valence-corrected chi connectivity index (χ4v) is 3.45. The van der Waals surface area contributed by atoms with E-state index in [1.54, 1.807) is 0 Å². The molecule has 6 nitrogen and oxygen atoms in total. The molecule has 0 radical (unpaired) electrons. The Morgan fingerprint density at radius 3 is 2.72 bits per heavy atom. The summed E-state index contributed by atoms with van der Waals surface area (Å²) >= 11 is 3.55. The highest BCUT2D eigenvalue weighted by Crippen LogP contribution is 2.32. The molecule has 29 heavy (non-hydrogen) atoms. The third-order valence-electron chi connectivity index (χ3n) is 4.40.